The van der Waals surface area contributed by atoms with Gasteiger partial charge in [-0.1, -0.05) is 31.2 Å². The Morgan fingerprint density at radius 1 is 1.00 bits per heavy atom. The zero-order valence-corrected chi connectivity index (χ0v) is 16.7. The van der Waals surface area contributed by atoms with E-state index < -0.39 is 0 Å². The summed E-state index contributed by atoms with van der Waals surface area (Å²) in [5.74, 6) is 0.533. The third kappa shape index (κ3) is 4.07. The predicted molar refractivity (Wildman–Crippen MR) is 114 cm³/mol. The SMILES string of the molecule is CCc1nnc(-c2cc3ccccc3n2CC(=O)Nc2cccc(NC(C)=O)c2)o1. The highest BCUT2D eigenvalue weighted by molar-refractivity contribution is 5.95. The third-order valence-electron chi connectivity index (χ3n) is 4.57. The summed E-state index contributed by atoms with van der Waals surface area (Å²) in [5, 5.41) is 14.7. The van der Waals surface area contributed by atoms with Crippen LogP contribution in [0.3, 0.4) is 0 Å². The van der Waals surface area contributed by atoms with E-state index in [2.05, 4.69) is 20.8 Å². The molecular weight excluding hydrogens is 382 g/mol. The molecule has 0 saturated heterocycles. The van der Waals surface area contributed by atoms with Gasteiger partial charge in [-0.15, -0.1) is 10.2 Å². The molecule has 152 valence electrons. The molecule has 8 nitrogen and oxygen atoms in total. The smallest absolute Gasteiger partial charge is 0.264 e. The lowest BCUT2D eigenvalue weighted by Crippen LogP contribution is -2.19. The molecule has 0 fully saturated rings. The molecule has 8 heteroatoms. The molecule has 0 bridgehead atoms. The highest BCUT2D eigenvalue weighted by Crippen LogP contribution is 2.28. The van der Waals surface area contributed by atoms with Crippen LogP contribution >= 0.6 is 0 Å². The monoisotopic (exact) mass is 403 g/mol. The van der Waals surface area contributed by atoms with Crippen LogP contribution in [0.25, 0.3) is 22.5 Å². The van der Waals surface area contributed by atoms with Crippen molar-refractivity contribution in [2.75, 3.05) is 10.6 Å². The number of para-hydroxylation sites is 1. The summed E-state index contributed by atoms with van der Waals surface area (Å²) in [5.41, 5.74) is 2.79. The molecule has 2 aromatic carbocycles. The van der Waals surface area contributed by atoms with E-state index in [1.807, 2.05) is 41.8 Å². The quantitative estimate of drug-likeness (QED) is 0.509. The summed E-state index contributed by atoms with van der Waals surface area (Å²) in [7, 11) is 0. The number of hydrogen-bond acceptors (Lipinski definition) is 5. The Labute approximate surface area is 172 Å². The maximum atomic E-state index is 12.8. The summed E-state index contributed by atoms with van der Waals surface area (Å²) in [4.78, 5) is 24.1. The standard InChI is InChI=1S/C22H21N5O3/c1-3-21-25-26-22(30-21)19-11-15-7-4-5-10-18(15)27(19)13-20(29)24-17-9-6-8-16(12-17)23-14(2)28/h4-12H,3,13H2,1-2H3,(H,23,28)(H,24,29). The highest BCUT2D eigenvalue weighted by Gasteiger charge is 2.18. The molecule has 0 saturated carbocycles. The van der Waals surface area contributed by atoms with Gasteiger partial charge in [-0.2, -0.15) is 0 Å². The Balaban J connectivity index is 1.62. The first kappa shape index (κ1) is 19.4. The van der Waals surface area contributed by atoms with E-state index in [9.17, 15) is 9.59 Å². The van der Waals surface area contributed by atoms with E-state index in [1.54, 1.807) is 24.3 Å². The van der Waals surface area contributed by atoms with Gasteiger partial charge in [0.25, 0.3) is 5.89 Å². The summed E-state index contributed by atoms with van der Waals surface area (Å²) in [6, 6.07) is 16.7. The number of amides is 2. The topological polar surface area (TPSA) is 102 Å². The van der Waals surface area contributed by atoms with Crippen molar-refractivity contribution in [3.63, 3.8) is 0 Å². The summed E-state index contributed by atoms with van der Waals surface area (Å²) in [6.45, 7) is 3.44. The Hall–Kier alpha value is -3.94. The van der Waals surface area contributed by atoms with E-state index in [-0.39, 0.29) is 18.4 Å². The Kier molecular flexibility index (Phi) is 5.30. The van der Waals surface area contributed by atoms with Gasteiger partial charge < -0.3 is 19.6 Å². The van der Waals surface area contributed by atoms with E-state index in [1.165, 1.54) is 6.92 Å². The lowest BCUT2D eigenvalue weighted by atomic mass is 10.2. The second-order valence-electron chi connectivity index (χ2n) is 6.84. The summed E-state index contributed by atoms with van der Waals surface area (Å²) >= 11 is 0. The molecule has 0 radical (unpaired) electrons. The molecule has 0 aliphatic rings. The van der Waals surface area contributed by atoms with Crippen molar-refractivity contribution < 1.29 is 14.0 Å². The van der Waals surface area contributed by atoms with Crippen LogP contribution < -0.4 is 10.6 Å². The average molecular weight is 403 g/mol. The van der Waals surface area contributed by atoms with Crippen LogP contribution in [-0.4, -0.2) is 26.6 Å². The lowest BCUT2D eigenvalue weighted by molar-refractivity contribution is -0.116. The first-order valence-electron chi connectivity index (χ1n) is 9.62. The molecule has 4 aromatic rings. The zero-order valence-electron chi connectivity index (χ0n) is 16.7. The first-order chi connectivity index (χ1) is 14.5. The van der Waals surface area contributed by atoms with Crippen LogP contribution in [0, 0.1) is 0 Å². The molecule has 2 amide bonds. The van der Waals surface area contributed by atoms with Crippen LogP contribution in [0.1, 0.15) is 19.7 Å². The number of carbonyl (C=O) groups is 2. The minimum absolute atomic E-state index is 0.0665. The van der Waals surface area contributed by atoms with Crippen molar-refractivity contribution in [3.05, 3.63) is 60.5 Å². The summed E-state index contributed by atoms with van der Waals surface area (Å²) in [6.07, 6.45) is 0.637. The second-order valence-corrected chi connectivity index (χ2v) is 6.84. The number of benzene rings is 2. The number of nitrogens with zero attached hydrogens (tertiary/aromatic N) is 3. The van der Waals surface area contributed by atoms with Gasteiger partial charge in [-0.3, -0.25) is 9.59 Å². The number of carbonyl (C=O) groups excluding carboxylic acids is 2. The highest BCUT2D eigenvalue weighted by atomic mass is 16.4. The fourth-order valence-corrected chi connectivity index (χ4v) is 3.28. The maximum absolute atomic E-state index is 12.8. The van der Waals surface area contributed by atoms with Gasteiger partial charge in [0.05, 0.1) is 0 Å². The molecular formula is C22H21N5O3. The van der Waals surface area contributed by atoms with E-state index in [4.69, 9.17) is 4.42 Å². The van der Waals surface area contributed by atoms with Crippen molar-refractivity contribution in [1.29, 1.82) is 0 Å². The van der Waals surface area contributed by atoms with Crippen molar-refractivity contribution in [2.45, 2.75) is 26.8 Å². The maximum Gasteiger partial charge on any atom is 0.264 e. The van der Waals surface area contributed by atoms with Gasteiger partial charge in [0, 0.05) is 35.6 Å². The molecule has 0 unspecified atom stereocenters. The molecule has 30 heavy (non-hydrogen) atoms. The van der Waals surface area contributed by atoms with Gasteiger partial charge in [-0.05, 0) is 30.3 Å². The number of aromatic nitrogens is 3. The van der Waals surface area contributed by atoms with Gasteiger partial charge in [0.1, 0.15) is 12.2 Å². The predicted octanol–water partition coefficient (Wildman–Crippen LogP) is 3.85. The van der Waals surface area contributed by atoms with Crippen molar-refractivity contribution in [3.8, 4) is 11.6 Å². The molecule has 0 atom stereocenters. The fourth-order valence-electron chi connectivity index (χ4n) is 3.28. The number of nitrogens with one attached hydrogen (secondary N) is 2. The molecule has 0 aliphatic carbocycles. The number of anilines is 2. The second kappa shape index (κ2) is 8.20. The number of aryl methyl sites for hydroxylation is 1. The summed E-state index contributed by atoms with van der Waals surface area (Å²) < 4.78 is 7.58. The molecule has 0 aliphatic heterocycles. The minimum Gasteiger partial charge on any atom is -0.419 e. The van der Waals surface area contributed by atoms with Gasteiger partial charge in [0.2, 0.25) is 17.7 Å². The molecule has 0 spiro atoms. The molecule has 2 aromatic heterocycles. The Morgan fingerprint density at radius 3 is 2.50 bits per heavy atom. The van der Waals surface area contributed by atoms with Crippen LogP contribution in [0.15, 0.2) is 59.0 Å². The van der Waals surface area contributed by atoms with E-state index >= 15 is 0 Å². The van der Waals surface area contributed by atoms with Gasteiger partial charge in [-0.25, -0.2) is 0 Å². The minimum atomic E-state index is -0.215. The van der Waals surface area contributed by atoms with E-state index in [0.29, 0.717) is 35.3 Å². The number of rotatable bonds is 6. The largest absolute Gasteiger partial charge is 0.419 e. The van der Waals surface area contributed by atoms with Crippen LogP contribution in [0.5, 0.6) is 0 Å². The zero-order chi connectivity index (χ0) is 21.1. The molecule has 4 rings (SSSR count). The Bertz CT molecular complexity index is 1220. The third-order valence-corrected chi connectivity index (χ3v) is 4.57. The molecule has 2 heterocycles. The van der Waals surface area contributed by atoms with Crippen molar-refractivity contribution in [2.24, 2.45) is 0 Å². The molecule has 2 N–H and O–H groups in total. The lowest BCUT2D eigenvalue weighted by Gasteiger charge is -2.11. The van der Waals surface area contributed by atoms with Crippen molar-refractivity contribution >= 4 is 34.1 Å². The first-order valence-corrected chi connectivity index (χ1v) is 9.62. The van der Waals surface area contributed by atoms with Gasteiger partial charge in [0.15, 0.2) is 0 Å². The van der Waals surface area contributed by atoms with E-state index in [0.717, 1.165) is 10.9 Å². The average Bonchev–Trinajstić information content (AvgIpc) is 3.32. The fraction of sp³-hybridized carbons (Fsp3) is 0.182. The Morgan fingerprint density at radius 2 is 1.77 bits per heavy atom. The van der Waals surface area contributed by atoms with Crippen LogP contribution in [0.2, 0.25) is 0 Å². The van der Waals surface area contributed by atoms with Gasteiger partial charge >= 0.3 is 0 Å². The number of fused-ring (bicyclic) bond motifs is 1. The van der Waals surface area contributed by atoms with Crippen LogP contribution in [0.4, 0.5) is 11.4 Å². The number of hydrogen-bond donors (Lipinski definition) is 2. The van der Waals surface area contributed by atoms with Crippen LogP contribution in [-0.2, 0) is 22.6 Å². The van der Waals surface area contributed by atoms with Crippen molar-refractivity contribution in [1.82, 2.24) is 14.8 Å². The normalized spacial score (nSPS) is 10.9.